The van der Waals surface area contributed by atoms with Gasteiger partial charge < -0.3 is 24.1 Å². The fourth-order valence-corrected chi connectivity index (χ4v) is 6.19. The number of carbonyl (C=O) groups is 1. The van der Waals surface area contributed by atoms with Crippen molar-refractivity contribution in [1.29, 1.82) is 0 Å². The van der Waals surface area contributed by atoms with Crippen molar-refractivity contribution in [2.24, 2.45) is 10.1 Å². The number of methoxy groups -OCH3 is 2. The van der Waals surface area contributed by atoms with Gasteiger partial charge in [-0.2, -0.15) is 0 Å². The number of aliphatic hydroxyl groups excluding tert-OH is 1. The average molecular weight is 713 g/mol. The van der Waals surface area contributed by atoms with Gasteiger partial charge in [0.25, 0.3) is 5.91 Å². The SMILES string of the molecule is COc1ccc(CNNC(=O)[C@@]2(Cc3ccccc3N=[N+]=[N-])N=C(c3ccc(OCCCO)cc3)O[C@H]2c2ccc(-c3ccccc3)cc2)c(OC)c1. The zero-order valence-corrected chi connectivity index (χ0v) is 29.4. The molecule has 0 saturated carbocycles. The molecule has 0 bridgehead atoms. The summed E-state index contributed by atoms with van der Waals surface area (Å²) in [7, 11) is 3.15. The third-order valence-corrected chi connectivity index (χ3v) is 8.93. The lowest BCUT2D eigenvalue weighted by molar-refractivity contribution is -0.130. The van der Waals surface area contributed by atoms with Crippen molar-refractivity contribution in [1.82, 2.24) is 10.9 Å². The van der Waals surface area contributed by atoms with Gasteiger partial charge in [-0.3, -0.25) is 10.2 Å². The maximum Gasteiger partial charge on any atom is 0.266 e. The molecule has 1 aliphatic heterocycles. The van der Waals surface area contributed by atoms with Crippen LogP contribution in [0.3, 0.4) is 0 Å². The molecule has 12 nitrogen and oxygen atoms in total. The number of nitrogens with zero attached hydrogens (tertiary/aromatic N) is 4. The first-order chi connectivity index (χ1) is 26.0. The summed E-state index contributed by atoms with van der Waals surface area (Å²) in [6.07, 6.45) is -0.339. The number of aliphatic imine (C=N–C) groups is 1. The van der Waals surface area contributed by atoms with Crippen molar-refractivity contribution in [2.75, 3.05) is 27.4 Å². The number of benzene rings is 5. The Morgan fingerprint density at radius 2 is 1.57 bits per heavy atom. The number of aliphatic hydroxyl groups is 1. The van der Waals surface area contributed by atoms with Crippen LogP contribution in [-0.2, 0) is 22.5 Å². The largest absolute Gasteiger partial charge is 0.497 e. The van der Waals surface area contributed by atoms with Gasteiger partial charge in [0.05, 0.1) is 20.8 Å². The molecule has 0 aliphatic carbocycles. The summed E-state index contributed by atoms with van der Waals surface area (Å²) in [5, 5.41) is 13.1. The van der Waals surface area contributed by atoms with Gasteiger partial charge in [-0.05, 0) is 58.1 Å². The zero-order valence-electron chi connectivity index (χ0n) is 29.4. The molecule has 0 spiro atoms. The molecule has 0 unspecified atom stereocenters. The molecule has 12 heteroatoms. The minimum atomic E-state index is -1.57. The number of amides is 1. The fourth-order valence-electron chi connectivity index (χ4n) is 6.19. The van der Waals surface area contributed by atoms with Crippen LogP contribution in [-0.4, -0.2) is 49.9 Å². The standard InChI is InChI=1S/C41H40N6O6/c1-50-35-22-19-33(37(25-35)51-2)27-43-46-40(49)41(26-32-11-6-7-12-36(32)45-47-42)38(30-15-13-29(14-16-30)28-9-4-3-5-10-28)53-39(44-41)31-17-20-34(21-18-31)52-24-8-23-48/h3-7,9-22,25,38,43,48H,8,23-24,26-27H2,1-2H3,(H,46,49)/t38-,41-/m0/s1. The maximum absolute atomic E-state index is 14.8. The molecule has 0 saturated heterocycles. The van der Waals surface area contributed by atoms with Crippen LogP contribution in [0.5, 0.6) is 17.2 Å². The zero-order chi connectivity index (χ0) is 37.0. The third kappa shape index (κ3) is 8.43. The molecule has 0 fully saturated rings. The highest BCUT2D eigenvalue weighted by Crippen LogP contribution is 2.44. The van der Waals surface area contributed by atoms with Crippen molar-refractivity contribution in [3.63, 3.8) is 0 Å². The smallest absolute Gasteiger partial charge is 0.266 e. The minimum Gasteiger partial charge on any atom is -0.497 e. The molecule has 1 aliphatic rings. The van der Waals surface area contributed by atoms with Crippen molar-refractivity contribution in [3.8, 4) is 28.4 Å². The van der Waals surface area contributed by atoms with Gasteiger partial charge in [-0.25, -0.2) is 10.4 Å². The van der Waals surface area contributed by atoms with E-state index < -0.39 is 17.6 Å². The number of hydrogen-bond acceptors (Lipinski definition) is 9. The van der Waals surface area contributed by atoms with E-state index in [-0.39, 0.29) is 25.5 Å². The van der Waals surface area contributed by atoms with E-state index in [1.165, 1.54) is 0 Å². The molecule has 2 atom stereocenters. The van der Waals surface area contributed by atoms with Gasteiger partial charge in [0.15, 0.2) is 11.6 Å². The van der Waals surface area contributed by atoms with Crippen LogP contribution in [0, 0.1) is 0 Å². The van der Waals surface area contributed by atoms with Crippen LogP contribution in [0.25, 0.3) is 21.6 Å². The van der Waals surface area contributed by atoms with Gasteiger partial charge in [0, 0.05) is 53.8 Å². The summed E-state index contributed by atoms with van der Waals surface area (Å²) < 4.78 is 23.3. The Morgan fingerprint density at radius 3 is 2.28 bits per heavy atom. The van der Waals surface area contributed by atoms with E-state index in [0.29, 0.717) is 47.1 Å². The van der Waals surface area contributed by atoms with E-state index in [4.69, 9.17) is 29.0 Å². The molecule has 5 aromatic carbocycles. The number of azide groups is 1. The second kappa shape index (κ2) is 17.3. The van der Waals surface area contributed by atoms with Crippen molar-refractivity contribution >= 4 is 17.5 Å². The first-order valence-corrected chi connectivity index (χ1v) is 17.1. The highest BCUT2D eigenvalue weighted by Gasteiger charge is 2.53. The van der Waals surface area contributed by atoms with E-state index >= 15 is 0 Å². The second-order valence-electron chi connectivity index (χ2n) is 12.3. The maximum atomic E-state index is 14.8. The lowest BCUT2D eigenvalue weighted by Crippen LogP contribution is -2.53. The molecular formula is C41H40N6O6. The number of carbonyl (C=O) groups excluding carboxylic acids is 1. The average Bonchev–Trinajstić information content (AvgIpc) is 3.60. The van der Waals surface area contributed by atoms with Crippen molar-refractivity contribution in [2.45, 2.75) is 31.0 Å². The Labute approximate surface area is 307 Å². The Kier molecular flexibility index (Phi) is 11.9. The van der Waals surface area contributed by atoms with E-state index in [1.807, 2.05) is 91.0 Å². The normalized spacial score (nSPS) is 16.1. The molecule has 6 rings (SSSR count). The number of ether oxygens (including phenoxy) is 4. The van der Waals surface area contributed by atoms with Gasteiger partial charge in [0.2, 0.25) is 5.90 Å². The van der Waals surface area contributed by atoms with Crippen LogP contribution in [0.2, 0.25) is 0 Å². The first-order valence-electron chi connectivity index (χ1n) is 17.1. The molecule has 3 N–H and O–H groups in total. The highest BCUT2D eigenvalue weighted by molar-refractivity contribution is 6.01. The number of nitrogens with one attached hydrogen (secondary N) is 2. The minimum absolute atomic E-state index is 0.0336. The topological polar surface area (TPSA) is 159 Å². The highest BCUT2D eigenvalue weighted by atomic mass is 16.5. The lowest BCUT2D eigenvalue weighted by Gasteiger charge is -2.31. The molecule has 5 aromatic rings. The Balaban J connectivity index is 1.41. The summed E-state index contributed by atoms with van der Waals surface area (Å²) in [5.41, 5.74) is 19.0. The van der Waals surface area contributed by atoms with E-state index in [9.17, 15) is 10.3 Å². The summed E-state index contributed by atoms with van der Waals surface area (Å²) in [6.45, 7) is 0.638. The fraction of sp³-hybridized carbons (Fsp3) is 0.220. The van der Waals surface area contributed by atoms with Crippen LogP contribution in [0.4, 0.5) is 5.69 Å². The summed E-state index contributed by atoms with van der Waals surface area (Å²) in [4.78, 5) is 22.9. The quantitative estimate of drug-likeness (QED) is 0.0316. The van der Waals surface area contributed by atoms with E-state index in [0.717, 1.165) is 22.3 Å². The van der Waals surface area contributed by atoms with E-state index in [2.05, 4.69) is 20.9 Å². The summed E-state index contributed by atoms with van der Waals surface area (Å²) in [5.74, 6) is 1.66. The molecule has 53 heavy (non-hydrogen) atoms. The molecule has 270 valence electrons. The van der Waals surface area contributed by atoms with Gasteiger partial charge in [-0.1, -0.05) is 90.0 Å². The second-order valence-corrected chi connectivity index (χ2v) is 12.3. The Hall–Kier alpha value is -6.33. The monoisotopic (exact) mass is 712 g/mol. The molecule has 0 radical (unpaired) electrons. The first kappa shape index (κ1) is 36.5. The lowest BCUT2D eigenvalue weighted by atomic mass is 9.81. The van der Waals surface area contributed by atoms with Crippen LogP contribution in [0.1, 0.15) is 34.8 Å². The Morgan fingerprint density at radius 1 is 0.868 bits per heavy atom. The Bertz CT molecular complexity index is 2090. The van der Waals surface area contributed by atoms with Gasteiger partial charge in [-0.15, -0.1) is 0 Å². The molecule has 1 heterocycles. The molecular weight excluding hydrogens is 672 g/mol. The number of hydrazine groups is 1. The number of rotatable bonds is 16. The van der Waals surface area contributed by atoms with Crippen molar-refractivity contribution in [3.05, 3.63) is 154 Å². The van der Waals surface area contributed by atoms with Gasteiger partial charge >= 0.3 is 0 Å². The molecule has 0 aromatic heterocycles. The van der Waals surface area contributed by atoms with Gasteiger partial charge in [0.1, 0.15) is 17.2 Å². The molecule has 1 amide bonds. The number of hydrogen-bond donors (Lipinski definition) is 3. The van der Waals surface area contributed by atoms with Crippen molar-refractivity contribution < 1.29 is 28.8 Å². The van der Waals surface area contributed by atoms with E-state index in [1.54, 1.807) is 44.6 Å². The predicted octanol–water partition coefficient (Wildman–Crippen LogP) is 7.39. The summed E-state index contributed by atoms with van der Waals surface area (Å²) >= 11 is 0. The third-order valence-electron chi connectivity index (χ3n) is 8.93. The predicted molar refractivity (Wildman–Crippen MR) is 202 cm³/mol. The summed E-state index contributed by atoms with van der Waals surface area (Å²) in [6, 6.07) is 37.7. The van der Waals surface area contributed by atoms with Crippen LogP contribution >= 0.6 is 0 Å². The van der Waals surface area contributed by atoms with Crippen LogP contribution in [0.15, 0.2) is 131 Å². The van der Waals surface area contributed by atoms with Crippen LogP contribution < -0.4 is 25.1 Å².